The number of nitrogens with zero attached hydrogens (tertiary/aromatic N) is 1. The lowest BCUT2D eigenvalue weighted by Gasteiger charge is -2.16. The molecule has 0 spiro atoms. The smallest absolute Gasteiger partial charge is 0.0459 e. The van der Waals surface area contributed by atoms with E-state index in [-0.39, 0.29) is 0 Å². The summed E-state index contributed by atoms with van der Waals surface area (Å²) in [6.45, 7) is 5.61. The minimum atomic E-state index is 0.663. The number of aromatic amines is 1. The second-order valence-corrected chi connectivity index (χ2v) is 5.28. The Labute approximate surface area is 108 Å². The van der Waals surface area contributed by atoms with E-state index in [1.807, 2.05) is 0 Å². The zero-order chi connectivity index (χ0) is 12.5. The number of para-hydroxylation sites is 1. The molecule has 3 heteroatoms. The van der Waals surface area contributed by atoms with E-state index in [9.17, 15) is 0 Å². The zero-order valence-electron chi connectivity index (χ0n) is 11.2. The highest BCUT2D eigenvalue weighted by atomic mass is 15.2. The van der Waals surface area contributed by atoms with Gasteiger partial charge in [-0.25, -0.2) is 0 Å². The minimum Gasteiger partial charge on any atom is -0.358 e. The van der Waals surface area contributed by atoms with Crippen molar-refractivity contribution in [3.8, 4) is 0 Å². The van der Waals surface area contributed by atoms with E-state index in [0.717, 1.165) is 13.1 Å². The van der Waals surface area contributed by atoms with Crippen molar-refractivity contribution in [2.45, 2.75) is 25.9 Å². The molecular weight excluding hydrogens is 222 g/mol. The van der Waals surface area contributed by atoms with Crippen LogP contribution in [0.2, 0.25) is 0 Å². The number of likely N-dealkylation sites (N-methyl/N-ethyl adjacent to an activating group) is 1. The summed E-state index contributed by atoms with van der Waals surface area (Å²) < 4.78 is 0. The molecule has 0 amide bonds. The summed E-state index contributed by atoms with van der Waals surface area (Å²) >= 11 is 0. The highest BCUT2D eigenvalue weighted by Crippen LogP contribution is 2.24. The molecule has 0 radical (unpaired) electrons. The van der Waals surface area contributed by atoms with E-state index in [1.165, 1.54) is 35.1 Å². The van der Waals surface area contributed by atoms with Gasteiger partial charge in [-0.15, -0.1) is 0 Å². The van der Waals surface area contributed by atoms with Gasteiger partial charge in [0.05, 0.1) is 0 Å². The van der Waals surface area contributed by atoms with Gasteiger partial charge in [-0.05, 0) is 32.0 Å². The summed E-state index contributed by atoms with van der Waals surface area (Å²) in [5.41, 5.74) is 4.03. The van der Waals surface area contributed by atoms with Crippen molar-refractivity contribution < 1.29 is 0 Å². The number of aromatic nitrogens is 1. The molecule has 3 rings (SSSR count). The third-order valence-electron chi connectivity index (χ3n) is 4.09. The summed E-state index contributed by atoms with van der Waals surface area (Å²) in [6, 6.07) is 9.26. The van der Waals surface area contributed by atoms with Crippen LogP contribution < -0.4 is 5.32 Å². The Morgan fingerprint density at radius 2 is 2.22 bits per heavy atom. The van der Waals surface area contributed by atoms with E-state index in [1.54, 1.807) is 0 Å². The van der Waals surface area contributed by atoms with E-state index >= 15 is 0 Å². The molecule has 1 aliphatic rings. The molecule has 2 aromatic rings. The molecule has 1 aromatic heterocycles. The lowest BCUT2D eigenvalue weighted by atomic mass is 10.1. The van der Waals surface area contributed by atoms with Crippen LogP contribution in [-0.4, -0.2) is 36.1 Å². The lowest BCUT2D eigenvalue weighted by Crippen LogP contribution is -2.29. The van der Waals surface area contributed by atoms with Crippen LogP contribution in [0.1, 0.15) is 17.7 Å². The second kappa shape index (κ2) is 4.75. The number of hydrogen-bond acceptors (Lipinski definition) is 2. The summed E-state index contributed by atoms with van der Waals surface area (Å²) in [4.78, 5) is 6.03. The average molecular weight is 243 g/mol. The number of H-pyrrole nitrogens is 1. The maximum absolute atomic E-state index is 3.48. The quantitative estimate of drug-likeness (QED) is 0.866. The number of rotatable bonds is 3. The van der Waals surface area contributed by atoms with Gasteiger partial charge in [0, 0.05) is 42.3 Å². The van der Waals surface area contributed by atoms with E-state index < -0.39 is 0 Å². The normalized spacial score (nSPS) is 20.9. The first kappa shape index (κ1) is 11.8. The first-order chi connectivity index (χ1) is 8.78. The molecule has 0 aliphatic carbocycles. The van der Waals surface area contributed by atoms with Crippen LogP contribution in [-0.2, 0) is 6.54 Å². The largest absolute Gasteiger partial charge is 0.358 e. The van der Waals surface area contributed by atoms with Crippen LogP contribution in [0.5, 0.6) is 0 Å². The number of hydrogen-bond donors (Lipinski definition) is 2. The van der Waals surface area contributed by atoms with Crippen molar-refractivity contribution in [2.75, 3.05) is 20.1 Å². The van der Waals surface area contributed by atoms with Gasteiger partial charge in [0.25, 0.3) is 0 Å². The minimum absolute atomic E-state index is 0.663. The van der Waals surface area contributed by atoms with Gasteiger partial charge in [0.1, 0.15) is 0 Å². The fourth-order valence-corrected chi connectivity index (χ4v) is 2.97. The van der Waals surface area contributed by atoms with Gasteiger partial charge in [-0.2, -0.15) is 0 Å². The van der Waals surface area contributed by atoms with Gasteiger partial charge in [-0.1, -0.05) is 18.2 Å². The predicted molar refractivity (Wildman–Crippen MR) is 75.8 cm³/mol. The molecule has 1 saturated heterocycles. The highest BCUT2D eigenvalue weighted by molar-refractivity contribution is 5.84. The SMILES string of the molecule is CNC1CCN(Cc2c(C)[nH]c3ccccc23)C1. The summed E-state index contributed by atoms with van der Waals surface area (Å²) in [7, 11) is 2.06. The van der Waals surface area contributed by atoms with Gasteiger partial charge >= 0.3 is 0 Å². The fraction of sp³-hybridized carbons (Fsp3) is 0.467. The number of aryl methyl sites for hydroxylation is 1. The van der Waals surface area contributed by atoms with E-state index in [4.69, 9.17) is 0 Å². The third-order valence-corrected chi connectivity index (χ3v) is 4.09. The average Bonchev–Trinajstić information content (AvgIpc) is 2.96. The number of nitrogens with one attached hydrogen (secondary N) is 2. The topological polar surface area (TPSA) is 31.1 Å². The van der Waals surface area contributed by atoms with Crippen LogP contribution in [0, 0.1) is 6.92 Å². The van der Waals surface area contributed by atoms with Crippen LogP contribution in [0.25, 0.3) is 10.9 Å². The van der Waals surface area contributed by atoms with E-state index in [0.29, 0.717) is 6.04 Å². The Morgan fingerprint density at radius 1 is 1.39 bits per heavy atom. The Morgan fingerprint density at radius 3 is 3.00 bits per heavy atom. The molecule has 1 unspecified atom stereocenters. The first-order valence-electron chi connectivity index (χ1n) is 6.73. The van der Waals surface area contributed by atoms with Crippen LogP contribution in [0.3, 0.4) is 0 Å². The van der Waals surface area contributed by atoms with Crippen molar-refractivity contribution in [3.05, 3.63) is 35.5 Å². The second-order valence-electron chi connectivity index (χ2n) is 5.28. The van der Waals surface area contributed by atoms with Gasteiger partial charge in [0.2, 0.25) is 0 Å². The predicted octanol–water partition coefficient (Wildman–Crippen LogP) is 2.27. The maximum atomic E-state index is 3.48. The molecule has 0 saturated carbocycles. The molecular formula is C15H21N3. The van der Waals surface area contributed by atoms with Gasteiger partial charge in [-0.3, -0.25) is 4.90 Å². The number of fused-ring (bicyclic) bond motifs is 1. The monoisotopic (exact) mass is 243 g/mol. The van der Waals surface area contributed by atoms with Crippen molar-refractivity contribution in [2.24, 2.45) is 0 Å². The van der Waals surface area contributed by atoms with Crippen LogP contribution in [0.4, 0.5) is 0 Å². The zero-order valence-corrected chi connectivity index (χ0v) is 11.2. The molecule has 0 bridgehead atoms. The van der Waals surface area contributed by atoms with Crippen LogP contribution in [0.15, 0.2) is 24.3 Å². The van der Waals surface area contributed by atoms with Crippen molar-refractivity contribution in [3.63, 3.8) is 0 Å². The molecule has 1 aromatic carbocycles. The summed E-state index contributed by atoms with van der Waals surface area (Å²) in [6.07, 6.45) is 1.26. The summed E-state index contributed by atoms with van der Waals surface area (Å²) in [5.74, 6) is 0. The van der Waals surface area contributed by atoms with Crippen molar-refractivity contribution in [1.82, 2.24) is 15.2 Å². The molecule has 1 atom stereocenters. The fourth-order valence-electron chi connectivity index (χ4n) is 2.97. The molecule has 18 heavy (non-hydrogen) atoms. The standard InChI is InChI=1S/C15H21N3/c1-11-14(10-18-8-7-12(9-18)16-2)13-5-3-4-6-15(13)17-11/h3-6,12,16-17H,7-10H2,1-2H3. The lowest BCUT2D eigenvalue weighted by molar-refractivity contribution is 0.323. The molecule has 1 fully saturated rings. The van der Waals surface area contributed by atoms with E-state index in [2.05, 4.69) is 53.4 Å². The van der Waals surface area contributed by atoms with Crippen molar-refractivity contribution in [1.29, 1.82) is 0 Å². The maximum Gasteiger partial charge on any atom is 0.0459 e. The number of benzene rings is 1. The highest BCUT2D eigenvalue weighted by Gasteiger charge is 2.22. The van der Waals surface area contributed by atoms with Crippen LogP contribution >= 0.6 is 0 Å². The third kappa shape index (κ3) is 2.04. The Hall–Kier alpha value is -1.32. The molecule has 2 heterocycles. The van der Waals surface area contributed by atoms with Gasteiger partial charge in [0.15, 0.2) is 0 Å². The Kier molecular flexibility index (Phi) is 3.10. The van der Waals surface area contributed by atoms with Crippen molar-refractivity contribution >= 4 is 10.9 Å². The van der Waals surface area contributed by atoms with Gasteiger partial charge < -0.3 is 10.3 Å². The Bertz CT molecular complexity index is 544. The molecule has 96 valence electrons. The first-order valence-corrected chi connectivity index (χ1v) is 6.73. The molecule has 1 aliphatic heterocycles. The summed E-state index contributed by atoms with van der Waals surface area (Å²) in [5, 5.41) is 4.75. The Balaban J connectivity index is 1.84. The molecule has 3 nitrogen and oxygen atoms in total. The number of likely N-dealkylation sites (tertiary alicyclic amines) is 1. The molecule has 2 N–H and O–H groups in total.